The minimum Gasteiger partial charge on any atom is -0.489 e. The number of hydrogen-bond acceptors (Lipinski definition) is 10. The molecule has 240 valence electrons. The van der Waals surface area contributed by atoms with E-state index >= 15 is 0 Å². The van der Waals surface area contributed by atoms with Crippen molar-refractivity contribution in [1.29, 1.82) is 0 Å². The maximum atomic E-state index is 13.5. The summed E-state index contributed by atoms with van der Waals surface area (Å²) in [5, 5.41) is 18.4. The summed E-state index contributed by atoms with van der Waals surface area (Å²) in [6.45, 7) is 12.0. The van der Waals surface area contributed by atoms with E-state index in [1.807, 2.05) is 31.2 Å². The number of nitrogens with zero attached hydrogens (tertiary/aromatic N) is 7. The SMILES string of the molecule is C=CCn1c(=O)c2cnc(Nc3ccc4c(c3)OC[C@H]3CN(C5CCNCC5)CCN43)nc2n1-c1ccc2c(n1)[C@@](O)(CC)CC2. The monoisotopic (exact) mass is 623 g/mol. The van der Waals surface area contributed by atoms with Gasteiger partial charge in [-0.2, -0.15) is 4.98 Å². The Balaban J connectivity index is 1.08. The highest BCUT2D eigenvalue weighted by atomic mass is 16.5. The lowest BCUT2D eigenvalue weighted by atomic mass is 9.98. The Labute approximate surface area is 267 Å². The first kappa shape index (κ1) is 29.2. The number of anilines is 3. The smallest absolute Gasteiger partial charge is 0.278 e. The Morgan fingerprint density at radius 2 is 2.04 bits per heavy atom. The third-order valence-corrected chi connectivity index (χ3v) is 10.3. The number of fused-ring (bicyclic) bond motifs is 5. The molecular weight excluding hydrogens is 582 g/mol. The average Bonchev–Trinajstić information content (AvgIpc) is 3.57. The van der Waals surface area contributed by atoms with Crippen LogP contribution in [0.15, 0.2) is 54.0 Å². The minimum atomic E-state index is -0.977. The zero-order valence-electron chi connectivity index (χ0n) is 26.3. The lowest BCUT2D eigenvalue weighted by Gasteiger charge is -2.48. The lowest BCUT2D eigenvalue weighted by Crippen LogP contribution is -2.60. The minimum absolute atomic E-state index is 0.230. The molecule has 2 saturated heterocycles. The van der Waals surface area contributed by atoms with Crippen LogP contribution in [0.1, 0.15) is 43.9 Å². The molecule has 0 radical (unpaired) electrons. The van der Waals surface area contributed by atoms with Crippen molar-refractivity contribution in [3.8, 4) is 11.6 Å². The van der Waals surface area contributed by atoms with Crippen LogP contribution in [-0.4, -0.2) is 85.7 Å². The van der Waals surface area contributed by atoms with E-state index in [1.165, 1.54) is 12.8 Å². The van der Waals surface area contributed by atoms with Crippen molar-refractivity contribution in [3.63, 3.8) is 0 Å². The van der Waals surface area contributed by atoms with Gasteiger partial charge >= 0.3 is 0 Å². The van der Waals surface area contributed by atoms with Crippen LogP contribution >= 0.6 is 0 Å². The van der Waals surface area contributed by atoms with Crippen molar-refractivity contribution in [1.82, 2.24) is 34.5 Å². The van der Waals surface area contributed by atoms with E-state index in [9.17, 15) is 9.90 Å². The molecule has 1 aliphatic carbocycles. The van der Waals surface area contributed by atoms with Crippen LogP contribution < -0.4 is 25.8 Å². The third-order valence-electron chi connectivity index (χ3n) is 10.3. The zero-order valence-corrected chi connectivity index (χ0v) is 26.3. The fourth-order valence-corrected chi connectivity index (χ4v) is 7.72. The summed E-state index contributed by atoms with van der Waals surface area (Å²) in [6, 6.07) is 11.0. The third kappa shape index (κ3) is 4.86. The van der Waals surface area contributed by atoms with Gasteiger partial charge in [0.25, 0.3) is 5.56 Å². The molecule has 1 aromatic carbocycles. The van der Waals surface area contributed by atoms with Crippen LogP contribution in [0.3, 0.4) is 0 Å². The van der Waals surface area contributed by atoms with Crippen molar-refractivity contribution < 1.29 is 9.84 Å². The number of aromatic nitrogens is 5. The second kappa shape index (κ2) is 11.5. The molecule has 2 atom stereocenters. The number of benzene rings is 1. The van der Waals surface area contributed by atoms with E-state index in [0.29, 0.717) is 60.0 Å². The van der Waals surface area contributed by atoms with E-state index in [2.05, 4.69) is 38.1 Å². The number of aliphatic hydroxyl groups is 1. The van der Waals surface area contributed by atoms with Crippen LogP contribution in [0.4, 0.5) is 17.3 Å². The van der Waals surface area contributed by atoms with Gasteiger partial charge in [0, 0.05) is 43.6 Å². The number of aryl methyl sites for hydroxylation is 1. The standard InChI is InChI=1S/C34H41N9O3/c1-3-15-42-32(44)26-19-36-33(39-31(26)43(42)29-8-5-22-9-12-34(45,4-2)30(22)38-29)37-23-6-7-27-28(18-23)46-21-25-20-40(16-17-41(25)27)24-10-13-35-14-11-24/h3,5-8,18-19,24-25,35,45H,1,4,9-17,20-21H2,2H3,(H,36,37,39)/t25-,34-/m1/s1. The number of nitrogens with one attached hydrogen (secondary N) is 2. The van der Waals surface area contributed by atoms with Crippen LogP contribution in [0, 0.1) is 0 Å². The van der Waals surface area contributed by atoms with E-state index in [1.54, 1.807) is 21.6 Å². The summed E-state index contributed by atoms with van der Waals surface area (Å²) in [7, 11) is 0. The largest absolute Gasteiger partial charge is 0.489 e. The van der Waals surface area contributed by atoms with E-state index < -0.39 is 5.60 Å². The molecule has 6 heterocycles. The normalized spacial score (nSPS) is 23.1. The molecule has 0 spiro atoms. The highest BCUT2D eigenvalue weighted by molar-refractivity contribution is 5.77. The molecule has 3 aromatic heterocycles. The Morgan fingerprint density at radius 3 is 2.87 bits per heavy atom. The molecule has 46 heavy (non-hydrogen) atoms. The fourth-order valence-electron chi connectivity index (χ4n) is 7.72. The number of pyridine rings is 1. The number of piperidine rings is 1. The van der Waals surface area contributed by atoms with E-state index in [0.717, 1.165) is 61.8 Å². The summed E-state index contributed by atoms with van der Waals surface area (Å²) in [5.74, 6) is 1.72. The lowest BCUT2D eigenvalue weighted by molar-refractivity contribution is 0.0306. The predicted octanol–water partition coefficient (Wildman–Crippen LogP) is 3.09. The molecule has 4 aliphatic rings. The first-order valence-electron chi connectivity index (χ1n) is 16.5. The predicted molar refractivity (Wildman–Crippen MR) is 177 cm³/mol. The van der Waals surface area contributed by atoms with E-state index in [-0.39, 0.29) is 12.1 Å². The summed E-state index contributed by atoms with van der Waals surface area (Å²) >= 11 is 0. The van der Waals surface area contributed by atoms with Crippen molar-refractivity contribution in [2.75, 3.05) is 49.5 Å². The number of rotatable bonds is 7. The maximum absolute atomic E-state index is 13.5. The Hall–Kier alpha value is -4.26. The van der Waals surface area contributed by atoms with Gasteiger partial charge in [-0.1, -0.05) is 19.1 Å². The van der Waals surface area contributed by atoms with Crippen LogP contribution in [0.25, 0.3) is 16.9 Å². The van der Waals surface area contributed by atoms with Crippen LogP contribution in [0.2, 0.25) is 0 Å². The van der Waals surface area contributed by atoms with Gasteiger partial charge in [-0.25, -0.2) is 19.3 Å². The molecular formula is C34H41N9O3. The van der Waals surface area contributed by atoms with E-state index in [4.69, 9.17) is 14.7 Å². The van der Waals surface area contributed by atoms with Gasteiger partial charge < -0.3 is 25.4 Å². The van der Waals surface area contributed by atoms with Crippen LogP contribution in [0.5, 0.6) is 5.75 Å². The van der Waals surface area contributed by atoms with Crippen molar-refractivity contribution in [3.05, 3.63) is 70.8 Å². The molecule has 2 fully saturated rings. The topological polar surface area (TPSA) is 126 Å². The summed E-state index contributed by atoms with van der Waals surface area (Å²) in [4.78, 5) is 32.8. The number of hydrogen-bond donors (Lipinski definition) is 3. The van der Waals surface area contributed by atoms with Gasteiger partial charge in [-0.3, -0.25) is 9.69 Å². The van der Waals surface area contributed by atoms with Crippen molar-refractivity contribution in [2.45, 2.75) is 63.3 Å². The summed E-state index contributed by atoms with van der Waals surface area (Å²) in [5.41, 5.74) is 2.84. The number of piperazine rings is 1. The Morgan fingerprint density at radius 1 is 1.17 bits per heavy atom. The molecule has 3 N–H and O–H groups in total. The Bertz CT molecular complexity index is 1860. The molecule has 0 amide bonds. The van der Waals surface area contributed by atoms with Gasteiger partial charge in [0.2, 0.25) is 5.95 Å². The number of allylic oxidation sites excluding steroid dienone is 1. The maximum Gasteiger partial charge on any atom is 0.278 e. The molecule has 3 aliphatic heterocycles. The van der Waals surface area contributed by atoms with Crippen molar-refractivity contribution >= 4 is 28.4 Å². The van der Waals surface area contributed by atoms with Crippen LogP contribution in [-0.2, 0) is 18.6 Å². The second-order valence-corrected chi connectivity index (χ2v) is 12.9. The summed E-state index contributed by atoms with van der Waals surface area (Å²) in [6.07, 6.45) is 7.64. The van der Waals surface area contributed by atoms with Gasteiger partial charge in [0.1, 0.15) is 23.3 Å². The summed E-state index contributed by atoms with van der Waals surface area (Å²) < 4.78 is 9.58. The quantitative estimate of drug-likeness (QED) is 0.265. The van der Waals surface area contributed by atoms with Gasteiger partial charge in [-0.15, -0.1) is 6.58 Å². The molecule has 0 unspecified atom stereocenters. The van der Waals surface area contributed by atoms with Gasteiger partial charge in [0.05, 0.1) is 24.0 Å². The average molecular weight is 624 g/mol. The molecule has 12 heteroatoms. The van der Waals surface area contributed by atoms with Gasteiger partial charge in [0.15, 0.2) is 11.5 Å². The molecule has 12 nitrogen and oxygen atoms in total. The second-order valence-electron chi connectivity index (χ2n) is 12.9. The fraction of sp³-hybridized carbons (Fsp3) is 0.471. The first-order chi connectivity index (χ1) is 22.5. The Kier molecular flexibility index (Phi) is 7.30. The molecule has 0 bridgehead atoms. The highest BCUT2D eigenvalue weighted by Crippen LogP contribution is 2.40. The number of ether oxygens (including phenoxy) is 1. The highest BCUT2D eigenvalue weighted by Gasteiger charge is 2.38. The van der Waals surface area contributed by atoms with Gasteiger partial charge in [-0.05, 0) is 69.0 Å². The molecule has 0 saturated carbocycles. The molecule has 4 aromatic rings. The van der Waals surface area contributed by atoms with Crippen molar-refractivity contribution in [2.24, 2.45) is 0 Å². The zero-order chi connectivity index (χ0) is 31.4. The first-order valence-corrected chi connectivity index (χ1v) is 16.5. The molecule has 8 rings (SSSR count).